The van der Waals surface area contributed by atoms with Crippen LogP contribution in [0.15, 0.2) is 27.5 Å². The molecule has 0 bridgehead atoms. The molecule has 27 heavy (non-hydrogen) atoms. The monoisotopic (exact) mass is 390 g/mol. The topological polar surface area (TPSA) is 96.6 Å². The van der Waals surface area contributed by atoms with Crippen molar-refractivity contribution in [2.45, 2.75) is 37.5 Å². The van der Waals surface area contributed by atoms with Gasteiger partial charge in [0.2, 0.25) is 15.9 Å². The van der Waals surface area contributed by atoms with Gasteiger partial charge in [-0.05, 0) is 48.9 Å². The quantitative estimate of drug-likeness (QED) is 0.786. The molecule has 8 nitrogen and oxygen atoms in total. The van der Waals surface area contributed by atoms with Crippen molar-refractivity contribution in [3.8, 4) is 0 Å². The van der Waals surface area contributed by atoms with E-state index >= 15 is 0 Å². The molecular formula is C18H22N4O4S. The van der Waals surface area contributed by atoms with Gasteiger partial charge in [-0.1, -0.05) is 6.07 Å². The molecule has 2 aliphatic rings. The molecule has 4 rings (SSSR count). The van der Waals surface area contributed by atoms with Crippen molar-refractivity contribution >= 4 is 15.9 Å². The van der Waals surface area contributed by atoms with E-state index < -0.39 is 10.0 Å². The van der Waals surface area contributed by atoms with Crippen LogP contribution in [0.4, 0.5) is 0 Å². The maximum Gasteiger partial charge on any atom is 0.311 e. The first-order chi connectivity index (χ1) is 12.9. The van der Waals surface area contributed by atoms with E-state index in [4.69, 9.17) is 4.42 Å². The predicted octanol–water partition coefficient (Wildman–Crippen LogP) is 1.40. The SMILES string of the molecule is Cc1nnc(C(=O)N2CCN(S(=O)(=O)c3ccc4c(c3)CCCC4)CC2)o1. The van der Waals surface area contributed by atoms with Crippen LogP contribution >= 0.6 is 0 Å². The van der Waals surface area contributed by atoms with E-state index in [1.165, 1.54) is 9.87 Å². The Bertz CT molecular complexity index is 961. The highest BCUT2D eigenvalue weighted by molar-refractivity contribution is 7.89. The highest BCUT2D eigenvalue weighted by atomic mass is 32.2. The van der Waals surface area contributed by atoms with Crippen molar-refractivity contribution in [2.75, 3.05) is 26.2 Å². The second-order valence-electron chi connectivity index (χ2n) is 6.96. The Hall–Kier alpha value is -2.26. The Labute approximate surface area is 158 Å². The van der Waals surface area contributed by atoms with Crippen LogP contribution in [-0.2, 0) is 22.9 Å². The van der Waals surface area contributed by atoms with E-state index in [0.717, 1.165) is 31.2 Å². The van der Waals surface area contributed by atoms with Crippen LogP contribution in [0.2, 0.25) is 0 Å². The molecule has 0 N–H and O–H groups in total. The number of rotatable bonds is 3. The van der Waals surface area contributed by atoms with Gasteiger partial charge in [-0.2, -0.15) is 4.31 Å². The molecule has 0 saturated carbocycles. The average Bonchev–Trinajstić information content (AvgIpc) is 3.13. The number of nitrogens with zero attached hydrogens (tertiary/aromatic N) is 4. The third kappa shape index (κ3) is 3.49. The van der Waals surface area contributed by atoms with Gasteiger partial charge in [0.05, 0.1) is 4.90 Å². The first-order valence-corrected chi connectivity index (χ1v) is 10.6. The molecule has 0 radical (unpaired) electrons. The number of fused-ring (bicyclic) bond motifs is 1. The molecule has 9 heteroatoms. The van der Waals surface area contributed by atoms with Gasteiger partial charge in [-0.3, -0.25) is 4.79 Å². The summed E-state index contributed by atoms with van der Waals surface area (Å²) < 4.78 is 32.6. The summed E-state index contributed by atoms with van der Waals surface area (Å²) >= 11 is 0. The number of hydrogen-bond donors (Lipinski definition) is 0. The summed E-state index contributed by atoms with van der Waals surface area (Å²) in [5.41, 5.74) is 2.40. The highest BCUT2D eigenvalue weighted by Crippen LogP contribution is 2.26. The summed E-state index contributed by atoms with van der Waals surface area (Å²) in [7, 11) is -3.56. The minimum absolute atomic E-state index is 0.0569. The van der Waals surface area contributed by atoms with E-state index in [0.29, 0.717) is 23.9 Å². The fourth-order valence-electron chi connectivity index (χ4n) is 3.67. The minimum Gasteiger partial charge on any atom is -0.417 e. The van der Waals surface area contributed by atoms with Gasteiger partial charge < -0.3 is 9.32 Å². The number of aryl methyl sites for hydroxylation is 3. The maximum atomic E-state index is 13.0. The van der Waals surface area contributed by atoms with Gasteiger partial charge >= 0.3 is 11.8 Å². The average molecular weight is 390 g/mol. The number of carbonyl (C=O) groups is 1. The number of aromatic nitrogens is 2. The van der Waals surface area contributed by atoms with Crippen molar-refractivity contribution in [3.05, 3.63) is 41.1 Å². The minimum atomic E-state index is -3.56. The van der Waals surface area contributed by atoms with Gasteiger partial charge in [-0.25, -0.2) is 8.42 Å². The molecule has 2 heterocycles. The molecule has 1 aromatic heterocycles. The van der Waals surface area contributed by atoms with Gasteiger partial charge in [0.15, 0.2) is 0 Å². The van der Waals surface area contributed by atoms with Crippen molar-refractivity contribution in [1.82, 2.24) is 19.4 Å². The smallest absolute Gasteiger partial charge is 0.311 e. The zero-order valence-electron chi connectivity index (χ0n) is 15.2. The van der Waals surface area contributed by atoms with E-state index in [9.17, 15) is 13.2 Å². The summed E-state index contributed by atoms with van der Waals surface area (Å²) in [6, 6.07) is 5.47. The summed E-state index contributed by atoms with van der Waals surface area (Å²) in [5, 5.41) is 7.40. The van der Waals surface area contributed by atoms with E-state index in [1.54, 1.807) is 17.9 Å². The van der Waals surface area contributed by atoms with Crippen LogP contribution < -0.4 is 0 Å². The Morgan fingerprint density at radius 2 is 1.74 bits per heavy atom. The molecule has 1 aliphatic carbocycles. The number of benzene rings is 1. The second-order valence-corrected chi connectivity index (χ2v) is 8.90. The zero-order valence-corrected chi connectivity index (χ0v) is 16.0. The summed E-state index contributed by atoms with van der Waals surface area (Å²) in [4.78, 5) is 14.3. The van der Waals surface area contributed by atoms with Crippen LogP contribution in [0, 0.1) is 6.92 Å². The lowest BCUT2D eigenvalue weighted by Gasteiger charge is -2.33. The van der Waals surface area contributed by atoms with Gasteiger partial charge in [0, 0.05) is 33.1 Å². The van der Waals surface area contributed by atoms with Crippen molar-refractivity contribution in [1.29, 1.82) is 0 Å². The van der Waals surface area contributed by atoms with Crippen LogP contribution in [-0.4, -0.2) is 59.9 Å². The molecular weight excluding hydrogens is 368 g/mol. The number of hydrogen-bond acceptors (Lipinski definition) is 6. The standard InChI is InChI=1S/C18H22N4O4S/c1-13-19-20-17(26-13)18(23)21-8-10-22(11-9-21)27(24,25)16-7-6-14-4-2-3-5-15(14)12-16/h6-7,12H,2-5,8-11H2,1H3. The van der Waals surface area contributed by atoms with E-state index in [1.807, 2.05) is 12.1 Å². The van der Waals surface area contributed by atoms with Crippen LogP contribution in [0.25, 0.3) is 0 Å². The Morgan fingerprint density at radius 3 is 2.41 bits per heavy atom. The molecule has 0 spiro atoms. The predicted molar refractivity (Wildman–Crippen MR) is 96.8 cm³/mol. The van der Waals surface area contributed by atoms with Crippen molar-refractivity contribution in [3.63, 3.8) is 0 Å². The Morgan fingerprint density at radius 1 is 1.04 bits per heavy atom. The fourth-order valence-corrected chi connectivity index (χ4v) is 5.14. The summed E-state index contributed by atoms with van der Waals surface area (Å²) in [6.45, 7) is 2.71. The van der Waals surface area contributed by atoms with Crippen LogP contribution in [0.5, 0.6) is 0 Å². The van der Waals surface area contributed by atoms with E-state index in [-0.39, 0.29) is 24.9 Å². The lowest BCUT2D eigenvalue weighted by molar-refractivity contribution is 0.0656. The lowest BCUT2D eigenvalue weighted by Crippen LogP contribution is -2.50. The second kappa shape index (κ2) is 7.05. The third-order valence-electron chi connectivity index (χ3n) is 5.19. The molecule has 1 aliphatic heterocycles. The Kier molecular flexibility index (Phi) is 4.73. The van der Waals surface area contributed by atoms with Crippen LogP contribution in [0.3, 0.4) is 0 Å². The van der Waals surface area contributed by atoms with Gasteiger partial charge in [0.1, 0.15) is 0 Å². The van der Waals surface area contributed by atoms with Crippen molar-refractivity contribution in [2.24, 2.45) is 0 Å². The molecule has 1 saturated heterocycles. The highest BCUT2D eigenvalue weighted by Gasteiger charge is 2.32. The molecule has 2 aromatic rings. The van der Waals surface area contributed by atoms with Gasteiger partial charge in [-0.15, -0.1) is 10.2 Å². The molecule has 0 unspecified atom stereocenters. The maximum absolute atomic E-state index is 13.0. The summed E-state index contributed by atoms with van der Waals surface area (Å²) in [5.74, 6) is -0.0908. The number of sulfonamides is 1. The first-order valence-electron chi connectivity index (χ1n) is 9.16. The molecule has 1 amide bonds. The molecule has 1 aromatic carbocycles. The number of amides is 1. The molecule has 0 atom stereocenters. The summed E-state index contributed by atoms with van der Waals surface area (Å²) in [6.07, 6.45) is 4.22. The Balaban J connectivity index is 1.46. The molecule has 144 valence electrons. The lowest BCUT2D eigenvalue weighted by atomic mass is 9.92. The normalized spacial score (nSPS) is 18.3. The first kappa shape index (κ1) is 18.1. The van der Waals surface area contributed by atoms with Crippen molar-refractivity contribution < 1.29 is 17.6 Å². The number of piperazine rings is 1. The zero-order chi connectivity index (χ0) is 19.0. The largest absolute Gasteiger partial charge is 0.417 e. The van der Waals surface area contributed by atoms with E-state index in [2.05, 4.69) is 10.2 Å². The van der Waals surface area contributed by atoms with Crippen LogP contribution in [0.1, 0.15) is 40.5 Å². The molecule has 1 fully saturated rings. The third-order valence-corrected chi connectivity index (χ3v) is 7.09. The fraction of sp³-hybridized carbons (Fsp3) is 0.500. The number of carbonyl (C=O) groups excluding carboxylic acids is 1. The van der Waals surface area contributed by atoms with Gasteiger partial charge in [0.25, 0.3) is 0 Å².